The normalized spacial score (nSPS) is 12.4. The van der Waals surface area contributed by atoms with Gasteiger partial charge in [0, 0.05) is 38.5 Å². The molecule has 0 spiro atoms. The fraction of sp³-hybridized carbons (Fsp3) is 0.667. The van der Waals surface area contributed by atoms with E-state index in [0.717, 1.165) is 5.56 Å². The van der Waals surface area contributed by atoms with E-state index in [4.69, 9.17) is 10.5 Å². The van der Waals surface area contributed by atoms with Crippen molar-refractivity contribution in [2.24, 2.45) is 12.8 Å². The second kappa shape index (κ2) is 7.13. The molecule has 1 amide bonds. The fourth-order valence-electron chi connectivity index (χ4n) is 1.68. The summed E-state index contributed by atoms with van der Waals surface area (Å²) in [6.07, 6.45) is 3.39. The number of amides is 1. The molecule has 0 saturated carbocycles. The van der Waals surface area contributed by atoms with Crippen molar-refractivity contribution in [1.29, 1.82) is 0 Å². The Morgan fingerprint density at radius 1 is 1.61 bits per heavy atom. The third-order valence-corrected chi connectivity index (χ3v) is 2.75. The molecule has 1 aromatic rings. The number of hydrogen-bond acceptors (Lipinski definition) is 4. The van der Waals surface area contributed by atoms with E-state index in [1.165, 1.54) is 0 Å². The summed E-state index contributed by atoms with van der Waals surface area (Å²) >= 11 is 0. The van der Waals surface area contributed by atoms with E-state index in [0.29, 0.717) is 26.3 Å². The van der Waals surface area contributed by atoms with Crippen LogP contribution in [-0.2, 0) is 16.6 Å². The number of ether oxygens (including phenoxy) is 1. The quantitative estimate of drug-likeness (QED) is 0.710. The summed E-state index contributed by atoms with van der Waals surface area (Å²) in [7, 11) is 1.80. The monoisotopic (exact) mass is 254 g/mol. The molecule has 6 heteroatoms. The van der Waals surface area contributed by atoms with Gasteiger partial charge in [0.05, 0.1) is 12.8 Å². The highest BCUT2D eigenvalue weighted by molar-refractivity contribution is 5.82. The van der Waals surface area contributed by atoms with E-state index < -0.39 is 6.04 Å². The van der Waals surface area contributed by atoms with Crippen LogP contribution in [-0.4, -0.2) is 46.9 Å². The number of carbonyl (C=O) groups excluding carboxylic acids is 1. The number of aryl methyl sites for hydroxylation is 1. The highest BCUT2D eigenvalue weighted by Crippen LogP contribution is 2.11. The SMILES string of the molecule is CCOCCN(CC)C(=O)C(N)c1cnn(C)c1. The van der Waals surface area contributed by atoms with Crippen LogP contribution in [0.25, 0.3) is 0 Å². The average molecular weight is 254 g/mol. The molecular formula is C12H22N4O2. The van der Waals surface area contributed by atoms with Gasteiger partial charge in [-0.1, -0.05) is 0 Å². The molecule has 0 aliphatic carbocycles. The van der Waals surface area contributed by atoms with Crippen molar-refractivity contribution in [3.8, 4) is 0 Å². The molecule has 0 aliphatic heterocycles. The van der Waals surface area contributed by atoms with Gasteiger partial charge in [0.2, 0.25) is 5.91 Å². The number of nitrogens with two attached hydrogens (primary N) is 1. The summed E-state index contributed by atoms with van der Waals surface area (Å²) in [4.78, 5) is 13.9. The van der Waals surface area contributed by atoms with Gasteiger partial charge in [0.15, 0.2) is 0 Å². The Bertz CT molecular complexity index is 378. The molecule has 0 fully saturated rings. The molecule has 0 aromatic carbocycles. The Hall–Kier alpha value is -1.40. The minimum atomic E-state index is -0.653. The van der Waals surface area contributed by atoms with Crippen LogP contribution in [0.3, 0.4) is 0 Å². The lowest BCUT2D eigenvalue weighted by Crippen LogP contribution is -2.40. The third-order valence-electron chi connectivity index (χ3n) is 2.75. The van der Waals surface area contributed by atoms with Gasteiger partial charge in [-0.25, -0.2) is 0 Å². The zero-order valence-corrected chi connectivity index (χ0v) is 11.3. The number of likely N-dealkylation sites (N-methyl/N-ethyl adjacent to an activating group) is 1. The van der Waals surface area contributed by atoms with E-state index in [-0.39, 0.29) is 5.91 Å². The number of aromatic nitrogens is 2. The summed E-state index contributed by atoms with van der Waals surface area (Å²) in [5, 5.41) is 4.02. The molecule has 18 heavy (non-hydrogen) atoms. The number of carbonyl (C=O) groups is 1. The second-order valence-corrected chi connectivity index (χ2v) is 4.04. The molecule has 6 nitrogen and oxygen atoms in total. The van der Waals surface area contributed by atoms with Gasteiger partial charge in [-0.3, -0.25) is 9.48 Å². The Labute approximate surface area is 108 Å². The molecule has 1 unspecified atom stereocenters. The molecule has 1 rings (SSSR count). The Morgan fingerprint density at radius 3 is 2.83 bits per heavy atom. The lowest BCUT2D eigenvalue weighted by Gasteiger charge is -2.23. The van der Waals surface area contributed by atoms with Crippen LogP contribution in [0.5, 0.6) is 0 Å². The van der Waals surface area contributed by atoms with E-state index in [1.807, 2.05) is 13.8 Å². The molecule has 0 bridgehead atoms. The molecule has 102 valence electrons. The lowest BCUT2D eigenvalue weighted by molar-refractivity contribution is -0.133. The molecule has 0 radical (unpaired) electrons. The molecule has 1 aromatic heterocycles. The van der Waals surface area contributed by atoms with Gasteiger partial charge in [0.25, 0.3) is 0 Å². The van der Waals surface area contributed by atoms with Gasteiger partial charge in [-0.2, -0.15) is 5.10 Å². The van der Waals surface area contributed by atoms with Crippen molar-refractivity contribution in [3.05, 3.63) is 18.0 Å². The molecule has 1 atom stereocenters. The lowest BCUT2D eigenvalue weighted by atomic mass is 10.1. The minimum Gasteiger partial charge on any atom is -0.380 e. The topological polar surface area (TPSA) is 73.4 Å². The maximum atomic E-state index is 12.2. The number of nitrogens with zero attached hydrogens (tertiary/aromatic N) is 3. The summed E-state index contributed by atoms with van der Waals surface area (Å²) in [6.45, 7) is 6.24. The first-order valence-corrected chi connectivity index (χ1v) is 6.20. The van der Waals surface area contributed by atoms with Crippen LogP contribution >= 0.6 is 0 Å². The largest absolute Gasteiger partial charge is 0.380 e. The van der Waals surface area contributed by atoms with Gasteiger partial charge < -0.3 is 15.4 Å². The van der Waals surface area contributed by atoms with Crippen molar-refractivity contribution in [3.63, 3.8) is 0 Å². The average Bonchev–Trinajstić information content (AvgIpc) is 2.80. The second-order valence-electron chi connectivity index (χ2n) is 4.04. The molecule has 2 N–H and O–H groups in total. The predicted molar refractivity (Wildman–Crippen MR) is 68.9 cm³/mol. The molecule has 1 heterocycles. The van der Waals surface area contributed by atoms with Crippen molar-refractivity contribution >= 4 is 5.91 Å². The van der Waals surface area contributed by atoms with Crippen molar-refractivity contribution < 1.29 is 9.53 Å². The first kappa shape index (κ1) is 14.7. The zero-order chi connectivity index (χ0) is 13.5. The molecule has 0 saturated heterocycles. The maximum absolute atomic E-state index is 12.2. The van der Waals surface area contributed by atoms with E-state index in [9.17, 15) is 4.79 Å². The standard InChI is InChI=1S/C12H22N4O2/c1-4-16(6-7-18-5-2)12(17)11(13)10-8-14-15(3)9-10/h8-9,11H,4-7,13H2,1-3H3. The van der Waals surface area contributed by atoms with Crippen LogP contribution in [0.2, 0.25) is 0 Å². The summed E-state index contributed by atoms with van der Waals surface area (Å²) < 4.78 is 6.89. The third kappa shape index (κ3) is 3.82. The molecular weight excluding hydrogens is 232 g/mol. The summed E-state index contributed by atoms with van der Waals surface area (Å²) in [5.74, 6) is -0.0924. The van der Waals surface area contributed by atoms with E-state index in [1.54, 1.807) is 29.0 Å². The Kier molecular flexibility index (Phi) is 5.80. The number of hydrogen-bond donors (Lipinski definition) is 1. The first-order chi connectivity index (χ1) is 8.60. The van der Waals surface area contributed by atoms with Gasteiger partial charge in [0.1, 0.15) is 6.04 Å². The molecule has 0 aliphatic rings. The predicted octanol–water partition coefficient (Wildman–Crippen LogP) is 0.305. The van der Waals surface area contributed by atoms with Gasteiger partial charge in [-0.15, -0.1) is 0 Å². The van der Waals surface area contributed by atoms with Crippen molar-refractivity contribution in [2.45, 2.75) is 19.9 Å². The van der Waals surface area contributed by atoms with Crippen LogP contribution in [0.4, 0.5) is 0 Å². The van der Waals surface area contributed by atoms with Crippen LogP contribution < -0.4 is 5.73 Å². The zero-order valence-electron chi connectivity index (χ0n) is 11.3. The summed E-state index contributed by atoms with van der Waals surface area (Å²) in [6, 6.07) is -0.653. The van der Waals surface area contributed by atoms with E-state index in [2.05, 4.69) is 5.10 Å². The fourth-order valence-corrected chi connectivity index (χ4v) is 1.68. The Morgan fingerprint density at radius 2 is 2.33 bits per heavy atom. The van der Waals surface area contributed by atoms with Crippen LogP contribution in [0.15, 0.2) is 12.4 Å². The van der Waals surface area contributed by atoms with E-state index >= 15 is 0 Å². The van der Waals surface area contributed by atoms with Crippen molar-refractivity contribution in [2.75, 3.05) is 26.3 Å². The highest BCUT2D eigenvalue weighted by Gasteiger charge is 2.22. The highest BCUT2D eigenvalue weighted by atomic mass is 16.5. The first-order valence-electron chi connectivity index (χ1n) is 6.20. The minimum absolute atomic E-state index is 0.0924. The number of rotatable bonds is 7. The van der Waals surface area contributed by atoms with Crippen LogP contribution in [0.1, 0.15) is 25.5 Å². The maximum Gasteiger partial charge on any atom is 0.244 e. The Balaban J connectivity index is 2.60. The van der Waals surface area contributed by atoms with Crippen LogP contribution in [0, 0.1) is 0 Å². The van der Waals surface area contributed by atoms with Gasteiger partial charge >= 0.3 is 0 Å². The smallest absolute Gasteiger partial charge is 0.244 e. The summed E-state index contributed by atoms with van der Waals surface area (Å²) in [5.41, 5.74) is 6.68. The van der Waals surface area contributed by atoms with Gasteiger partial charge in [-0.05, 0) is 13.8 Å². The van der Waals surface area contributed by atoms with Crippen molar-refractivity contribution in [1.82, 2.24) is 14.7 Å².